The predicted octanol–water partition coefficient (Wildman–Crippen LogP) is 2.74. The lowest BCUT2D eigenvalue weighted by Gasteiger charge is -2.13. The summed E-state index contributed by atoms with van der Waals surface area (Å²) >= 11 is 0. The highest BCUT2D eigenvalue weighted by molar-refractivity contribution is 5.86. The van der Waals surface area contributed by atoms with Crippen LogP contribution in [0.5, 0.6) is 5.88 Å². The van der Waals surface area contributed by atoms with Gasteiger partial charge >= 0.3 is 6.18 Å². The molecule has 0 radical (unpaired) electrons. The summed E-state index contributed by atoms with van der Waals surface area (Å²) in [6, 6.07) is 4.36. The minimum absolute atomic E-state index is 0.0410. The second-order valence-corrected chi connectivity index (χ2v) is 5.50. The van der Waals surface area contributed by atoms with E-state index in [4.69, 9.17) is 4.74 Å². The second-order valence-electron chi connectivity index (χ2n) is 5.50. The predicted molar refractivity (Wildman–Crippen MR) is 92.2 cm³/mol. The molecule has 28 heavy (non-hydrogen) atoms. The number of anilines is 1. The van der Waals surface area contributed by atoms with Crippen LogP contribution in [0.1, 0.15) is 5.56 Å². The molecule has 1 aromatic carbocycles. The lowest BCUT2D eigenvalue weighted by atomic mass is 10.2. The number of hydrogen-bond acceptors (Lipinski definition) is 7. The molecule has 12 heteroatoms. The molecule has 146 valence electrons. The number of nitro groups is 1. The summed E-state index contributed by atoms with van der Waals surface area (Å²) in [5, 5.41) is 14.0. The molecule has 3 aromatic rings. The maximum absolute atomic E-state index is 12.9. The van der Waals surface area contributed by atoms with Crippen molar-refractivity contribution in [3.63, 3.8) is 0 Å². The standard InChI is InChI=1S/C16H12F3N5O4/c17-16(18,19)10-2-1-3-21-15(10)28-5-4-20-12-7-11-9(6-13(12)24(26)27)14(25)23-8-22-11/h1-3,6-8,20H,4-5H2,(H,22,23,25). The first-order chi connectivity index (χ1) is 13.3. The fourth-order valence-electron chi connectivity index (χ4n) is 2.45. The summed E-state index contributed by atoms with van der Waals surface area (Å²) in [5.41, 5.74) is -1.65. The monoisotopic (exact) mass is 395 g/mol. The minimum atomic E-state index is -4.62. The molecule has 0 saturated heterocycles. The summed E-state index contributed by atoms with van der Waals surface area (Å²) < 4.78 is 43.8. The summed E-state index contributed by atoms with van der Waals surface area (Å²) in [4.78, 5) is 32.1. The number of ether oxygens (including phenoxy) is 1. The summed E-state index contributed by atoms with van der Waals surface area (Å²) in [7, 11) is 0. The normalized spacial score (nSPS) is 11.4. The number of alkyl halides is 3. The third kappa shape index (κ3) is 4.00. The molecule has 2 heterocycles. The van der Waals surface area contributed by atoms with Gasteiger partial charge in [-0.25, -0.2) is 9.97 Å². The molecule has 2 aromatic heterocycles. The van der Waals surface area contributed by atoms with Crippen LogP contribution in [-0.4, -0.2) is 33.0 Å². The van der Waals surface area contributed by atoms with Gasteiger partial charge in [0, 0.05) is 18.8 Å². The molecule has 0 aliphatic carbocycles. The highest BCUT2D eigenvalue weighted by Gasteiger charge is 2.35. The van der Waals surface area contributed by atoms with Gasteiger partial charge in [0.25, 0.3) is 11.2 Å². The molecular weight excluding hydrogens is 383 g/mol. The van der Waals surface area contributed by atoms with Crippen molar-refractivity contribution < 1.29 is 22.8 Å². The topological polar surface area (TPSA) is 123 Å². The average Bonchev–Trinajstić information content (AvgIpc) is 2.64. The van der Waals surface area contributed by atoms with Crippen LogP contribution in [0.4, 0.5) is 24.5 Å². The van der Waals surface area contributed by atoms with Crippen molar-refractivity contribution in [2.75, 3.05) is 18.5 Å². The van der Waals surface area contributed by atoms with Crippen LogP contribution >= 0.6 is 0 Å². The number of nitrogens with zero attached hydrogens (tertiary/aromatic N) is 3. The SMILES string of the molecule is O=c1[nH]cnc2cc(NCCOc3ncccc3C(F)(F)F)c([N+](=O)[O-])cc12. The highest BCUT2D eigenvalue weighted by atomic mass is 19.4. The molecular formula is C16H12F3N5O4. The van der Waals surface area contributed by atoms with E-state index in [0.29, 0.717) is 0 Å². The summed E-state index contributed by atoms with van der Waals surface area (Å²) in [5.74, 6) is -0.585. The molecule has 0 aliphatic rings. The third-order valence-electron chi connectivity index (χ3n) is 3.69. The van der Waals surface area contributed by atoms with E-state index in [1.807, 2.05) is 0 Å². The Morgan fingerprint density at radius 2 is 2.07 bits per heavy atom. The van der Waals surface area contributed by atoms with E-state index in [9.17, 15) is 28.1 Å². The number of nitrogens with one attached hydrogen (secondary N) is 2. The third-order valence-corrected chi connectivity index (χ3v) is 3.69. The number of rotatable bonds is 6. The van der Waals surface area contributed by atoms with E-state index < -0.39 is 28.1 Å². The van der Waals surface area contributed by atoms with E-state index >= 15 is 0 Å². The zero-order chi connectivity index (χ0) is 20.3. The number of halogens is 3. The van der Waals surface area contributed by atoms with E-state index in [1.54, 1.807) is 0 Å². The van der Waals surface area contributed by atoms with Crippen molar-refractivity contribution in [2.24, 2.45) is 0 Å². The maximum Gasteiger partial charge on any atom is 0.421 e. The Kier molecular flexibility index (Phi) is 5.11. The van der Waals surface area contributed by atoms with Gasteiger partial charge in [-0.1, -0.05) is 0 Å². The molecule has 3 rings (SSSR count). The fraction of sp³-hybridized carbons (Fsp3) is 0.188. The Labute approximate surface area is 154 Å². The number of H-pyrrole nitrogens is 1. The number of benzene rings is 1. The lowest BCUT2D eigenvalue weighted by molar-refractivity contribution is -0.383. The Morgan fingerprint density at radius 3 is 2.79 bits per heavy atom. The molecule has 2 N–H and O–H groups in total. The van der Waals surface area contributed by atoms with Gasteiger partial charge in [-0.3, -0.25) is 14.9 Å². The first-order valence-corrected chi connectivity index (χ1v) is 7.82. The lowest BCUT2D eigenvalue weighted by Crippen LogP contribution is -2.16. The molecule has 0 unspecified atom stereocenters. The largest absolute Gasteiger partial charge is 0.475 e. The maximum atomic E-state index is 12.9. The molecule has 0 bridgehead atoms. The van der Waals surface area contributed by atoms with Crippen LogP contribution in [0.2, 0.25) is 0 Å². The second kappa shape index (κ2) is 7.50. The van der Waals surface area contributed by atoms with Gasteiger partial charge in [0.2, 0.25) is 5.88 Å². The van der Waals surface area contributed by atoms with Crippen LogP contribution in [0.25, 0.3) is 10.9 Å². The molecule has 0 fully saturated rings. The zero-order valence-corrected chi connectivity index (χ0v) is 14.0. The first-order valence-electron chi connectivity index (χ1n) is 7.82. The molecule has 0 aliphatic heterocycles. The Bertz CT molecular complexity index is 1080. The van der Waals surface area contributed by atoms with Crippen LogP contribution in [0, 0.1) is 10.1 Å². The van der Waals surface area contributed by atoms with Crippen LogP contribution in [0.15, 0.2) is 41.6 Å². The number of aromatic nitrogens is 3. The van der Waals surface area contributed by atoms with Gasteiger partial charge in [0.15, 0.2) is 0 Å². The Hall–Kier alpha value is -3.70. The molecule has 9 nitrogen and oxygen atoms in total. The average molecular weight is 395 g/mol. The first kappa shape index (κ1) is 19.1. The minimum Gasteiger partial charge on any atom is -0.475 e. The van der Waals surface area contributed by atoms with Gasteiger partial charge in [0.1, 0.15) is 17.9 Å². The number of hydrogen-bond donors (Lipinski definition) is 2. The fourth-order valence-corrected chi connectivity index (χ4v) is 2.45. The smallest absolute Gasteiger partial charge is 0.421 e. The summed E-state index contributed by atoms with van der Waals surface area (Å²) in [6.45, 7) is -0.290. The number of fused-ring (bicyclic) bond motifs is 1. The van der Waals surface area contributed by atoms with E-state index in [2.05, 4.69) is 20.3 Å². The van der Waals surface area contributed by atoms with E-state index in [1.165, 1.54) is 6.07 Å². The van der Waals surface area contributed by atoms with E-state index in [-0.39, 0.29) is 35.4 Å². The zero-order valence-electron chi connectivity index (χ0n) is 14.0. The van der Waals surface area contributed by atoms with Crippen molar-refractivity contribution in [2.45, 2.75) is 6.18 Å². The quantitative estimate of drug-likeness (QED) is 0.374. The number of pyridine rings is 1. The van der Waals surface area contributed by atoms with Gasteiger partial charge in [-0.2, -0.15) is 13.2 Å². The van der Waals surface area contributed by atoms with Crippen molar-refractivity contribution in [1.82, 2.24) is 15.0 Å². The molecule has 0 saturated carbocycles. The van der Waals surface area contributed by atoms with Crippen LogP contribution < -0.4 is 15.6 Å². The Morgan fingerprint density at radius 1 is 1.29 bits per heavy atom. The summed E-state index contributed by atoms with van der Waals surface area (Å²) in [6.07, 6.45) is -2.30. The van der Waals surface area contributed by atoms with Crippen LogP contribution in [-0.2, 0) is 6.18 Å². The van der Waals surface area contributed by atoms with Crippen molar-refractivity contribution in [3.05, 3.63) is 62.8 Å². The van der Waals surface area contributed by atoms with Gasteiger partial charge in [0.05, 0.1) is 22.2 Å². The van der Waals surface area contributed by atoms with Crippen molar-refractivity contribution in [3.8, 4) is 5.88 Å². The number of nitro benzene ring substituents is 1. The molecule has 0 atom stereocenters. The van der Waals surface area contributed by atoms with Crippen molar-refractivity contribution >= 4 is 22.3 Å². The molecule has 0 amide bonds. The Balaban J connectivity index is 1.75. The number of aromatic amines is 1. The van der Waals surface area contributed by atoms with Crippen molar-refractivity contribution in [1.29, 1.82) is 0 Å². The molecule has 0 spiro atoms. The van der Waals surface area contributed by atoms with Gasteiger partial charge < -0.3 is 15.0 Å². The van der Waals surface area contributed by atoms with Crippen LogP contribution in [0.3, 0.4) is 0 Å². The van der Waals surface area contributed by atoms with Gasteiger partial charge in [-0.15, -0.1) is 0 Å². The highest BCUT2D eigenvalue weighted by Crippen LogP contribution is 2.34. The van der Waals surface area contributed by atoms with Gasteiger partial charge in [-0.05, 0) is 18.2 Å². The van der Waals surface area contributed by atoms with E-state index in [0.717, 1.165) is 30.7 Å².